The molecule has 0 amide bonds. The second-order valence-electron chi connectivity index (χ2n) is 5.42. The first kappa shape index (κ1) is 12.0. The van der Waals surface area contributed by atoms with Gasteiger partial charge in [-0.25, -0.2) is 0 Å². The van der Waals surface area contributed by atoms with Gasteiger partial charge in [0.25, 0.3) is 0 Å². The molecular weight excluding hydrogens is 224 g/mol. The molecule has 3 heteroatoms. The molecule has 0 saturated heterocycles. The van der Waals surface area contributed by atoms with E-state index in [4.69, 9.17) is 10.5 Å². The van der Waals surface area contributed by atoms with Crippen molar-refractivity contribution in [1.82, 2.24) is 4.90 Å². The van der Waals surface area contributed by atoms with Crippen LogP contribution in [0.1, 0.15) is 24.8 Å². The molecule has 18 heavy (non-hydrogen) atoms. The Morgan fingerprint density at radius 3 is 2.89 bits per heavy atom. The minimum absolute atomic E-state index is 0.536. The smallest absolute Gasteiger partial charge is 0.123 e. The van der Waals surface area contributed by atoms with Gasteiger partial charge in [-0.15, -0.1) is 0 Å². The molecule has 0 aromatic heterocycles. The highest BCUT2D eigenvalue weighted by Gasteiger charge is 2.31. The third-order valence-corrected chi connectivity index (χ3v) is 4.39. The molecule has 1 aliphatic carbocycles. The molecule has 2 aliphatic rings. The van der Waals surface area contributed by atoms with Crippen LogP contribution in [0, 0.1) is 5.92 Å². The van der Waals surface area contributed by atoms with Gasteiger partial charge >= 0.3 is 0 Å². The Balaban J connectivity index is 1.77. The first-order valence-electron chi connectivity index (χ1n) is 7.03. The molecule has 1 aromatic carbocycles. The molecule has 1 fully saturated rings. The number of hydrogen-bond donors (Lipinski definition) is 1. The third kappa shape index (κ3) is 2.25. The van der Waals surface area contributed by atoms with Crippen LogP contribution in [0.4, 0.5) is 0 Å². The minimum Gasteiger partial charge on any atom is -0.492 e. The van der Waals surface area contributed by atoms with Crippen molar-refractivity contribution in [2.75, 3.05) is 19.7 Å². The fourth-order valence-corrected chi connectivity index (χ4v) is 3.09. The highest BCUT2D eigenvalue weighted by atomic mass is 16.5. The number of benzene rings is 1. The number of rotatable bonds is 3. The lowest BCUT2D eigenvalue weighted by Gasteiger charge is -2.40. The Kier molecular flexibility index (Phi) is 3.52. The average molecular weight is 246 g/mol. The van der Waals surface area contributed by atoms with Crippen molar-refractivity contribution in [3.05, 3.63) is 29.8 Å². The number of hydrogen-bond acceptors (Lipinski definition) is 3. The quantitative estimate of drug-likeness (QED) is 0.886. The zero-order valence-electron chi connectivity index (χ0n) is 10.8. The summed E-state index contributed by atoms with van der Waals surface area (Å²) < 4.78 is 5.82. The Morgan fingerprint density at radius 2 is 2.17 bits per heavy atom. The van der Waals surface area contributed by atoms with Gasteiger partial charge in [-0.2, -0.15) is 0 Å². The summed E-state index contributed by atoms with van der Waals surface area (Å²) in [5, 5.41) is 0. The van der Waals surface area contributed by atoms with Crippen LogP contribution >= 0.6 is 0 Å². The molecule has 3 rings (SSSR count). The van der Waals surface area contributed by atoms with Crippen molar-refractivity contribution >= 4 is 0 Å². The van der Waals surface area contributed by atoms with Gasteiger partial charge in [0.05, 0.1) is 0 Å². The lowest BCUT2D eigenvalue weighted by atomic mass is 9.79. The second kappa shape index (κ2) is 5.29. The fraction of sp³-hybridized carbons (Fsp3) is 0.600. The molecule has 1 atom stereocenters. The molecule has 1 aromatic rings. The monoisotopic (exact) mass is 246 g/mol. The van der Waals surface area contributed by atoms with Crippen molar-refractivity contribution < 1.29 is 4.74 Å². The minimum atomic E-state index is 0.536. The standard InChI is InChI=1S/C15H22N2O/c16-10-14(12-5-3-6-12)17-8-9-18-15-7-2-1-4-13(15)11-17/h1-2,4,7,12,14H,3,5-6,8-11,16H2. The molecular formula is C15H22N2O. The van der Waals surface area contributed by atoms with Crippen LogP contribution in [0.2, 0.25) is 0 Å². The molecule has 3 nitrogen and oxygen atoms in total. The molecule has 98 valence electrons. The van der Waals surface area contributed by atoms with Crippen molar-refractivity contribution in [3.8, 4) is 5.75 Å². The Hall–Kier alpha value is -1.06. The van der Waals surface area contributed by atoms with Gasteiger partial charge in [-0.05, 0) is 24.8 Å². The molecule has 1 aliphatic heterocycles. The average Bonchev–Trinajstić information content (AvgIpc) is 2.55. The second-order valence-corrected chi connectivity index (χ2v) is 5.42. The topological polar surface area (TPSA) is 38.5 Å². The van der Waals surface area contributed by atoms with E-state index >= 15 is 0 Å². The number of ether oxygens (including phenoxy) is 1. The zero-order chi connectivity index (χ0) is 12.4. The predicted octanol–water partition coefficient (Wildman–Crippen LogP) is 2.01. The van der Waals surface area contributed by atoms with Gasteiger partial charge in [0.15, 0.2) is 0 Å². The number of nitrogens with two attached hydrogens (primary N) is 1. The van der Waals surface area contributed by atoms with Crippen LogP contribution < -0.4 is 10.5 Å². The maximum atomic E-state index is 6.00. The maximum Gasteiger partial charge on any atom is 0.123 e. The van der Waals surface area contributed by atoms with Gasteiger partial charge < -0.3 is 10.5 Å². The van der Waals surface area contributed by atoms with Crippen molar-refractivity contribution in [2.24, 2.45) is 11.7 Å². The number of para-hydroxylation sites is 1. The molecule has 2 N–H and O–H groups in total. The molecule has 1 saturated carbocycles. The summed E-state index contributed by atoms with van der Waals surface area (Å²) in [6.07, 6.45) is 4.07. The van der Waals surface area contributed by atoms with Crippen LogP contribution in [0.3, 0.4) is 0 Å². The third-order valence-electron chi connectivity index (χ3n) is 4.39. The van der Waals surface area contributed by atoms with Gasteiger partial charge in [0, 0.05) is 31.2 Å². The van der Waals surface area contributed by atoms with E-state index < -0.39 is 0 Å². The van der Waals surface area contributed by atoms with Crippen molar-refractivity contribution in [1.29, 1.82) is 0 Å². The van der Waals surface area contributed by atoms with E-state index in [1.165, 1.54) is 24.8 Å². The molecule has 0 radical (unpaired) electrons. The van der Waals surface area contributed by atoms with Crippen LogP contribution in [0.5, 0.6) is 5.75 Å². The van der Waals surface area contributed by atoms with E-state index in [0.29, 0.717) is 6.04 Å². The van der Waals surface area contributed by atoms with Crippen LogP contribution in [0.15, 0.2) is 24.3 Å². The van der Waals surface area contributed by atoms with Crippen molar-refractivity contribution in [2.45, 2.75) is 31.8 Å². The largest absolute Gasteiger partial charge is 0.492 e. The predicted molar refractivity (Wildman–Crippen MR) is 72.5 cm³/mol. The SMILES string of the molecule is NCC(C1CCC1)N1CCOc2ccccc2C1. The van der Waals surface area contributed by atoms with Gasteiger partial charge in [0.2, 0.25) is 0 Å². The Bertz CT molecular complexity index is 403. The molecule has 0 spiro atoms. The summed E-state index contributed by atoms with van der Waals surface area (Å²) >= 11 is 0. The van der Waals surface area contributed by atoms with E-state index in [1.54, 1.807) is 0 Å². The first-order valence-corrected chi connectivity index (χ1v) is 7.03. The summed E-state index contributed by atoms with van der Waals surface area (Å²) in [4.78, 5) is 2.52. The highest BCUT2D eigenvalue weighted by Crippen LogP contribution is 2.33. The summed E-state index contributed by atoms with van der Waals surface area (Å²) in [7, 11) is 0. The van der Waals surface area contributed by atoms with Crippen molar-refractivity contribution in [3.63, 3.8) is 0 Å². The number of nitrogens with zero attached hydrogens (tertiary/aromatic N) is 1. The first-order chi connectivity index (χ1) is 8.88. The molecule has 1 heterocycles. The summed E-state index contributed by atoms with van der Waals surface area (Å²) in [6, 6.07) is 8.91. The van der Waals surface area contributed by atoms with Crippen LogP contribution in [-0.2, 0) is 6.54 Å². The van der Waals surface area contributed by atoms with Gasteiger partial charge in [-0.1, -0.05) is 24.6 Å². The maximum absolute atomic E-state index is 6.00. The highest BCUT2D eigenvalue weighted by molar-refractivity contribution is 5.33. The van der Waals surface area contributed by atoms with Crippen LogP contribution in [0.25, 0.3) is 0 Å². The number of fused-ring (bicyclic) bond motifs is 1. The van der Waals surface area contributed by atoms with Gasteiger partial charge in [0.1, 0.15) is 12.4 Å². The van der Waals surface area contributed by atoms with E-state index in [-0.39, 0.29) is 0 Å². The van der Waals surface area contributed by atoms with E-state index in [0.717, 1.165) is 37.9 Å². The van der Waals surface area contributed by atoms with E-state index in [2.05, 4.69) is 23.1 Å². The molecule has 0 bridgehead atoms. The zero-order valence-corrected chi connectivity index (χ0v) is 10.8. The van der Waals surface area contributed by atoms with E-state index in [9.17, 15) is 0 Å². The van der Waals surface area contributed by atoms with Gasteiger partial charge in [-0.3, -0.25) is 4.90 Å². The normalized spacial score (nSPS) is 22.5. The lowest BCUT2D eigenvalue weighted by molar-refractivity contribution is 0.0883. The summed E-state index contributed by atoms with van der Waals surface area (Å²) in [5.74, 6) is 1.85. The Labute approximate surface area is 109 Å². The van der Waals surface area contributed by atoms with E-state index in [1.807, 2.05) is 6.07 Å². The van der Waals surface area contributed by atoms with Crippen LogP contribution in [-0.4, -0.2) is 30.6 Å². The molecule has 1 unspecified atom stereocenters. The Morgan fingerprint density at radius 1 is 1.33 bits per heavy atom. The lowest BCUT2D eigenvalue weighted by Crippen LogP contribution is -2.48. The summed E-state index contributed by atoms with van der Waals surface area (Å²) in [6.45, 7) is 3.52. The summed E-state index contributed by atoms with van der Waals surface area (Å²) in [5.41, 5.74) is 7.30. The fourth-order valence-electron chi connectivity index (χ4n) is 3.09.